The first-order chi connectivity index (χ1) is 9.57. The fraction of sp³-hybridized carbons (Fsp3) is 1.00. The molecular formula is C14H28N2O3S. The highest BCUT2D eigenvalue weighted by Crippen LogP contribution is 2.19. The summed E-state index contributed by atoms with van der Waals surface area (Å²) in [6, 6.07) is 0.0428. The average molecular weight is 304 g/mol. The van der Waals surface area contributed by atoms with Crippen molar-refractivity contribution in [3.05, 3.63) is 0 Å². The Labute approximate surface area is 122 Å². The molecule has 6 heteroatoms. The van der Waals surface area contributed by atoms with Gasteiger partial charge in [0.1, 0.15) is 0 Å². The molecule has 1 heterocycles. The summed E-state index contributed by atoms with van der Waals surface area (Å²) >= 11 is 0. The minimum Gasteiger partial charge on any atom is -0.391 e. The fourth-order valence-electron chi connectivity index (χ4n) is 3.18. The molecule has 20 heavy (non-hydrogen) atoms. The van der Waals surface area contributed by atoms with E-state index in [1.807, 2.05) is 0 Å². The average Bonchev–Trinajstić information content (AvgIpc) is 2.63. The van der Waals surface area contributed by atoms with Crippen LogP contribution in [0.1, 0.15) is 57.8 Å². The SMILES string of the molecule is O=S(=O)(CCC1CCCCN1)NC1CCCCCC1O. The van der Waals surface area contributed by atoms with Gasteiger partial charge in [-0.3, -0.25) is 0 Å². The molecule has 118 valence electrons. The van der Waals surface area contributed by atoms with E-state index >= 15 is 0 Å². The molecule has 2 rings (SSSR count). The lowest BCUT2D eigenvalue weighted by Crippen LogP contribution is -2.44. The van der Waals surface area contributed by atoms with Crippen LogP contribution in [0.2, 0.25) is 0 Å². The second-order valence-corrected chi connectivity index (χ2v) is 8.06. The summed E-state index contributed by atoms with van der Waals surface area (Å²) < 4.78 is 27.0. The molecule has 1 aliphatic carbocycles. The molecule has 3 N–H and O–H groups in total. The van der Waals surface area contributed by atoms with Crippen LogP contribution in [-0.2, 0) is 10.0 Å². The van der Waals surface area contributed by atoms with E-state index in [2.05, 4.69) is 10.0 Å². The van der Waals surface area contributed by atoms with Crippen molar-refractivity contribution < 1.29 is 13.5 Å². The quantitative estimate of drug-likeness (QED) is 0.665. The van der Waals surface area contributed by atoms with E-state index in [9.17, 15) is 13.5 Å². The number of sulfonamides is 1. The third-order valence-corrected chi connectivity index (χ3v) is 5.89. The van der Waals surface area contributed by atoms with Gasteiger partial charge in [-0.15, -0.1) is 0 Å². The summed E-state index contributed by atoms with van der Waals surface area (Å²) in [6.07, 6.45) is 8.11. The molecule has 0 amide bonds. The van der Waals surface area contributed by atoms with Crippen LogP contribution in [0.4, 0.5) is 0 Å². The number of hydrogen-bond donors (Lipinski definition) is 3. The molecule has 0 radical (unpaired) electrons. The highest BCUT2D eigenvalue weighted by Gasteiger charge is 2.26. The molecule has 5 nitrogen and oxygen atoms in total. The number of aliphatic hydroxyl groups excluding tert-OH is 1. The predicted molar refractivity (Wildman–Crippen MR) is 80.1 cm³/mol. The molecule has 0 aromatic rings. The molecule has 0 aromatic carbocycles. The molecule has 3 atom stereocenters. The van der Waals surface area contributed by atoms with Crippen LogP contribution >= 0.6 is 0 Å². The van der Waals surface area contributed by atoms with Crippen molar-refractivity contribution in [2.45, 2.75) is 76.0 Å². The maximum absolute atomic E-state index is 12.1. The van der Waals surface area contributed by atoms with Gasteiger partial charge in [0, 0.05) is 12.1 Å². The minimum atomic E-state index is -3.28. The third-order valence-electron chi connectivity index (χ3n) is 4.46. The second kappa shape index (κ2) is 7.73. The Balaban J connectivity index is 1.79. The zero-order valence-corrected chi connectivity index (χ0v) is 13.0. The second-order valence-electron chi connectivity index (χ2n) is 6.18. The van der Waals surface area contributed by atoms with Gasteiger partial charge in [0.05, 0.1) is 11.9 Å². The number of rotatable bonds is 5. The largest absolute Gasteiger partial charge is 0.391 e. The Bertz CT molecular complexity index is 380. The van der Waals surface area contributed by atoms with Crippen LogP contribution in [0.3, 0.4) is 0 Å². The fourth-order valence-corrected chi connectivity index (χ4v) is 4.63. The van der Waals surface area contributed by atoms with Crippen LogP contribution in [0.5, 0.6) is 0 Å². The first-order valence-electron chi connectivity index (χ1n) is 7.98. The molecule has 0 spiro atoms. The molecule has 1 saturated heterocycles. The molecule has 0 bridgehead atoms. The standard InChI is InChI=1S/C14H28N2O3S/c17-14-8-3-1-2-7-13(14)16-20(18,19)11-9-12-6-4-5-10-15-12/h12-17H,1-11H2. The van der Waals surface area contributed by atoms with Crippen LogP contribution < -0.4 is 10.0 Å². The van der Waals surface area contributed by atoms with Crippen molar-refractivity contribution in [1.29, 1.82) is 0 Å². The van der Waals surface area contributed by atoms with Gasteiger partial charge in [-0.25, -0.2) is 13.1 Å². The predicted octanol–water partition coefficient (Wildman–Crippen LogP) is 1.13. The molecule has 0 aromatic heterocycles. The lowest BCUT2D eigenvalue weighted by molar-refractivity contribution is 0.130. The summed E-state index contributed by atoms with van der Waals surface area (Å²) in [4.78, 5) is 0. The summed E-state index contributed by atoms with van der Waals surface area (Å²) in [6.45, 7) is 0.999. The van der Waals surface area contributed by atoms with E-state index < -0.39 is 16.1 Å². The smallest absolute Gasteiger partial charge is 0.211 e. The molecule has 2 fully saturated rings. The van der Waals surface area contributed by atoms with Crippen LogP contribution in [0, 0.1) is 0 Å². The number of hydrogen-bond acceptors (Lipinski definition) is 4. The van der Waals surface area contributed by atoms with Crippen molar-refractivity contribution in [3.8, 4) is 0 Å². The van der Waals surface area contributed by atoms with Crippen LogP contribution in [0.15, 0.2) is 0 Å². The summed E-state index contributed by atoms with van der Waals surface area (Å²) in [5.74, 6) is 0.161. The third kappa shape index (κ3) is 5.31. The molecule has 1 aliphatic heterocycles. The van der Waals surface area contributed by atoms with Gasteiger partial charge in [0.2, 0.25) is 10.0 Å². The van der Waals surface area contributed by atoms with Crippen LogP contribution in [-0.4, -0.2) is 44.0 Å². The number of nitrogens with one attached hydrogen (secondary N) is 2. The normalized spacial score (nSPS) is 32.8. The van der Waals surface area contributed by atoms with Crippen molar-refractivity contribution in [3.63, 3.8) is 0 Å². The monoisotopic (exact) mass is 304 g/mol. The van der Waals surface area contributed by atoms with E-state index in [0.29, 0.717) is 18.9 Å². The Hall–Kier alpha value is -0.170. The van der Waals surface area contributed by atoms with E-state index in [0.717, 1.165) is 38.6 Å². The summed E-state index contributed by atoms with van der Waals surface area (Å²) in [5.41, 5.74) is 0. The zero-order valence-electron chi connectivity index (χ0n) is 12.2. The Morgan fingerprint density at radius 3 is 2.55 bits per heavy atom. The van der Waals surface area contributed by atoms with Gasteiger partial charge in [0.15, 0.2) is 0 Å². The van der Waals surface area contributed by atoms with Crippen LogP contribution in [0.25, 0.3) is 0 Å². The lowest BCUT2D eigenvalue weighted by atomic mass is 10.0. The molecule has 2 aliphatic rings. The molecule has 3 unspecified atom stereocenters. The van der Waals surface area contributed by atoms with E-state index in [4.69, 9.17) is 0 Å². The first-order valence-corrected chi connectivity index (χ1v) is 9.63. The molecule has 1 saturated carbocycles. The van der Waals surface area contributed by atoms with Gasteiger partial charge in [0.25, 0.3) is 0 Å². The molecular weight excluding hydrogens is 276 g/mol. The highest BCUT2D eigenvalue weighted by molar-refractivity contribution is 7.89. The van der Waals surface area contributed by atoms with E-state index in [-0.39, 0.29) is 11.8 Å². The van der Waals surface area contributed by atoms with E-state index in [1.54, 1.807) is 0 Å². The summed E-state index contributed by atoms with van der Waals surface area (Å²) in [7, 11) is -3.28. The Kier molecular flexibility index (Phi) is 6.26. The van der Waals surface area contributed by atoms with Crippen molar-refractivity contribution in [1.82, 2.24) is 10.0 Å². The van der Waals surface area contributed by atoms with Crippen molar-refractivity contribution in [2.75, 3.05) is 12.3 Å². The zero-order chi connectivity index (χ0) is 14.4. The topological polar surface area (TPSA) is 78.4 Å². The van der Waals surface area contributed by atoms with Gasteiger partial charge in [-0.05, 0) is 38.6 Å². The first kappa shape index (κ1) is 16.2. The van der Waals surface area contributed by atoms with Gasteiger partial charge >= 0.3 is 0 Å². The lowest BCUT2D eigenvalue weighted by Gasteiger charge is -2.25. The van der Waals surface area contributed by atoms with E-state index in [1.165, 1.54) is 12.8 Å². The van der Waals surface area contributed by atoms with Gasteiger partial charge < -0.3 is 10.4 Å². The van der Waals surface area contributed by atoms with Crippen molar-refractivity contribution >= 4 is 10.0 Å². The Morgan fingerprint density at radius 2 is 1.80 bits per heavy atom. The minimum absolute atomic E-state index is 0.161. The number of aliphatic hydroxyl groups is 1. The summed E-state index contributed by atoms with van der Waals surface area (Å²) in [5, 5.41) is 13.4. The van der Waals surface area contributed by atoms with Gasteiger partial charge in [-0.1, -0.05) is 25.7 Å². The van der Waals surface area contributed by atoms with Crippen molar-refractivity contribution in [2.24, 2.45) is 0 Å². The Morgan fingerprint density at radius 1 is 1.05 bits per heavy atom. The highest BCUT2D eigenvalue weighted by atomic mass is 32.2. The number of piperidine rings is 1. The van der Waals surface area contributed by atoms with Gasteiger partial charge in [-0.2, -0.15) is 0 Å². The maximum atomic E-state index is 12.1. The maximum Gasteiger partial charge on any atom is 0.211 e.